The fraction of sp³-hybridized carbons (Fsp3) is 0.238. The van der Waals surface area contributed by atoms with Gasteiger partial charge in [0.25, 0.3) is 0 Å². The smallest absolute Gasteiger partial charge is 0.344 e. The molecule has 0 radical (unpaired) electrons. The zero-order valence-corrected chi connectivity index (χ0v) is 15.9. The molecule has 0 spiro atoms. The van der Waals surface area contributed by atoms with Gasteiger partial charge in [0.15, 0.2) is 0 Å². The maximum Gasteiger partial charge on any atom is 0.344 e. The molecule has 0 unspecified atom stereocenters. The van der Waals surface area contributed by atoms with Crippen LogP contribution < -0.4 is 9.47 Å². The van der Waals surface area contributed by atoms with Gasteiger partial charge in [0.2, 0.25) is 5.88 Å². The van der Waals surface area contributed by atoms with Crippen molar-refractivity contribution in [2.45, 2.75) is 20.5 Å². The minimum atomic E-state index is -0.483. The van der Waals surface area contributed by atoms with Crippen LogP contribution in [0.3, 0.4) is 0 Å². The lowest BCUT2D eigenvalue weighted by molar-refractivity contribution is 0.0722. The molecular formula is C21H22N2O4. The molecule has 3 rings (SSSR count). The van der Waals surface area contributed by atoms with Crippen molar-refractivity contribution >= 4 is 5.97 Å². The van der Waals surface area contributed by atoms with E-state index < -0.39 is 5.97 Å². The van der Waals surface area contributed by atoms with Crippen LogP contribution in [0.5, 0.6) is 11.6 Å². The Morgan fingerprint density at radius 3 is 2.59 bits per heavy atom. The molecule has 6 nitrogen and oxygen atoms in total. The van der Waals surface area contributed by atoms with E-state index in [1.807, 2.05) is 26.0 Å². The molecule has 0 aliphatic rings. The van der Waals surface area contributed by atoms with Crippen LogP contribution >= 0.6 is 0 Å². The molecule has 0 fully saturated rings. The molecule has 0 bridgehead atoms. The largest absolute Gasteiger partial charge is 0.497 e. The Hall–Kier alpha value is -3.12. The molecule has 0 N–H and O–H groups in total. The number of ether oxygens (including phenoxy) is 3. The first-order valence-electron chi connectivity index (χ1n) is 8.53. The lowest BCUT2D eigenvalue weighted by atomic mass is 10.1. The number of carbonyl (C=O) groups is 1. The number of aromatic nitrogens is 2. The Bertz CT molecular complexity index is 963. The number of aryl methyl sites for hydroxylation is 2. The summed E-state index contributed by atoms with van der Waals surface area (Å²) >= 11 is 0. The molecule has 2 aromatic carbocycles. The topological polar surface area (TPSA) is 62.6 Å². The van der Waals surface area contributed by atoms with Crippen molar-refractivity contribution in [3.63, 3.8) is 0 Å². The van der Waals surface area contributed by atoms with Gasteiger partial charge in [0.05, 0.1) is 30.7 Å². The molecule has 27 heavy (non-hydrogen) atoms. The van der Waals surface area contributed by atoms with Crippen LogP contribution in [0.4, 0.5) is 0 Å². The second-order valence-corrected chi connectivity index (χ2v) is 6.23. The number of hydrogen-bond acceptors (Lipinski definition) is 5. The maximum absolute atomic E-state index is 12.6. The molecule has 3 aromatic rings. The molecule has 0 saturated carbocycles. The third-order valence-corrected chi connectivity index (χ3v) is 4.10. The number of carbonyl (C=O) groups excluding carboxylic acids is 1. The summed E-state index contributed by atoms with van der Waals surface area (Å²) in [5, 5.41) is 4.53. The van der Waals surface area contributed by atoms with Crippen LogP contribution in [0, 0.1) is 13.8 Å². The van der Waals surface area contributed by atoms with Crippen molar-refractivity contribution in [1.29, 1.82) is 0 Å². The summed E-state index contributed by atoms with van der Waals surface area (Å²) in [6, 6.07) is 14.5. The summed E-state index contributed by atoms with van der Waals surface area (Å²) in [7, 11) is 3.15. The van der Waals surface area contributed by atoms with Crippen molar-refractivity contribution in [2.75, 3.05) is 14.2 Å². The van der Waals surface area contributed by atoms with Crippen LogP contribution in [-0.4, -0.2) is 30.0 Å². The van der Waals surface area contributed by atoms with Crippen molar-refractivity contribution in [3.8, 4) is 17.3 Å². The first kappa shape index (κ1) is 18.7. The van der Waals surface area contributed by atoms with E-state index in [1.165, 1.54) is 0 Å². The van der Waals surface area contributed by atoms with Gasteiger partial charge in [0, 0.05) is 13.2 Å². The molecule has 1 heterocycles. The third kappa shape index (κ3) is 4.17. The summed E-state index contributed by atoms with van der Waals surface area (Å²) in [4.78, 5) is 12.6. The van der Waals surface area contributed by atoms with E-state index in [4.69, 9.17) is 14.2 Å². The minimum Gasteiger partial charge on any atom is -0.497 e. The number of hydrogen-bond donors (Lipinski definition) is 0. The Kier molecular flexibility index (Phi) is 5.57. The normalized spacial score (nSPS) is 10.7. The van der Waals surface area contributed by atoms with Gasteiger partial charge in [-0.05, 0) is 43.7 Å². The van der Waals surface area contributed by atoms with Crippen molar-refractivity contribution in [3.05, 3.63) is 70.9 Å². The molecule has 0 saturated heterocycles. The van der Waals surface area contributed by atoms with Crippen molar-refractivity contribution in [2.24, 2.45) is 0 Å². The molecule has 0 aliphatic carbocycles. The summed E-state index contributed by atoms with van der Waals surface area (Å²) in [6.07, 6.45) is 0. The van der Waals surface area contributed by atoms with Crippen LogP contribution in [0.25, 0.3) is 5.69 Å². The predicted octanol–water partition coefficient (Wildman–Crippen LogP) is 3.86. The van der Waals surface area contributed by atoms with Gasteiger partial charge in [-0.3, -0.25) is 0 Å². The Labute approximate surface area is 158 Å². The Morgan fingerprint density at radius 2 is 1.89 bits per heavy atom. The van der Waals surface area contributed by atoms with E-state index in [2.05, 4.69) is 11.2 Å². The first-order chi connectivity index (χ1) is 13.0. The van der Waals surface area contributed by atoms with Gasteiger partial charge in [-0.15, -0.1) is 0 Å². The highest BCUT2D eigenvalue weighted by atomic mass is 16.5. The summed E-state index contributed by atoms with van der Waals surface area (Å²) < 4.78 is 17.6. The second-order valence-electron chi connectivity index (χ2n) is 6.23. The van der Waals surface area contributed by atoms with E-state index in [0.717, 1.165) is 16.8 Å². The van der Waals surface area contributed by atoms with Gasteiger partial charge in [-0.2, -0.15) is 9.78 Å². The third-order valence-electron chi connectivity index (χ3n) is 4.10. The average molecular weight is 366 g/mol. The van der Waals surface area contributed by atoms with Crippen LogP contribution in [0.1, 0.15) is 27.2 Å². The molecule has 1 aromatic heterocycles. The van der Waals surface area contributed by atoms with E-state index in [0.29, 0.717) is 29.5 Å². The van der Waals surface area contributed by atoms with Crippen LogP contribution in [-0.2, 0) is 11.3 Å². The molecule has 0 atom stereocenters. The molecular weight excluding hydrogens is 344 g/mol. The maximum atomic E-state index is 12.6. The van der Waals surface area contributed by atoms with E-state index in [9.17, 15) is 4.79 Å². The highest BCUT2D eigenvalue weighted by molar-refractivity contribution is 5.91. The van der Waals surface area contributed by atoms with E-state index in [-0.39, 0.29) is 0 Å². The zero-order chi connectivity index (χ0) is 19.4. The first-order valence-corrected chi connectivity index (χ1v) is 8.53. The number of rotatable bonds is 6. The van der Waals surface area contributed by atoms with Gasteiger partial charge in [0.1, 0.15) is 5.75 Å². The van der Waals surface area contributed by atoms with Crippen molar-refractivity contribution < 1.29 is 19.0 Å². The van der Waals surface area contributed by atoms with Crippen LogP contribution in [0.15, 0.2) is 48.5 Å². The number of methoxy groups -OCH3 is 2. The monoisotopic (exact) mass is 366 g/mol. The summed E-state index contributed by atoms with van der Waals surface area (Å²) in [5.74, 6) is 0.443. The average Bonchev–Trinajstić information content (AvgIpc) is 3.04. The number of nitrogens with zero attached hydrogens (tertiary/aromatic N) is 2. The standard InChI is InChI=1S/C21H22N2O4/c1-14-8-9-19(15(2)10-14)23-20(12-17(22-23)13-25-3)27-21(24)16-6-5-7-18(11-16)26-4/h5-12H,13H2,1-4H3. The lowest BCUT2D eigenvalue weighted by Crippen LogP contribution is -2.12. The quantitative estimate of drug-likeness (QED) is 0.620. The van der Waals surface area contributed by atoms with Crippen molar-refractivity contribution in [1.82, 2.24) is 9.78 Å². The summed E-state index contributed by atoms with van der Waals surface area (Å²) in [6.45, 7) is 4.34. The fourth-order valence-corrected chi connectivity index (χ4v) is 2.82. The van der Waals surface area contributed by atoms with Gasteiger partial charge in [-0.1, -0.05) is 23.8 Å². The lowest BCUT2D eigenvalue weighted by Gasteiger charge is -2.11. The summed E-state index contributed by atoms with van der Waals surface area (Å²) in [5.41, 5.74) is 4.09. The number of esters is 1. The van der Waals surface area contributed by atoms with Gasteiger partial charge >= 0.3 is 5.97 Å². The molecule has 6 heteroatoms. The van der Waals surface area contributed by atoms with Crippen LogP contribution in [0.2, 0.25) is 0 Å². The zero-order valence-electron chi connectivity index (χ0n) is 15.9. The van der Waals surface area contributed by atoms with E-state index in [1.54, 1.807) is 49.2 Å². The predicted molar refractivity (Wildman–Crippen MR) is 102 cm³/mol. The highest BCUT2D eigenvalue weighted by Crippen LogP contribution is 2.24. The highest BCUT2D eigenvalue weighted by Gasteiger charge is 2.17. The molecule has 140 valence electrons. The molecule has 0 aliphatic heterocycles. The van der Waals surface area contributed by atoms with Gasteiger partial charge < -0.3 is 14.2 Å². The van der Waals surface area contributed by atoms with E-state index >= 15 is 0 Å². The SMILES string of the molecule is COCc1cc(OC(=O)c2cccc(OC)c2)n(-c2ccc(C)cc2C)n1. The van der Waals surface area contributed by atoms with Gasteiger partial charge in [-0.25, -0.2) is 4.79 Å². The minimum absolute atomic E-state index is 0.321. The fourth-order valence-electron chi connectivity index (χ4n) is 2.82. The Morgan fingerprint density at radius 1 is 1.07 bits per heavy atom. The number of benzene rings is 2. The Balaban J connectivity index is 1.97. The molecule has 0 amide bonds. The second kappa shape index (κ2) is 8.05.